The molecule has 1 aliphatic heterocycles. The fraction of sp³-hybridized carbons (Fsp3) is 0.543. The van der Waals surface area contributed by atoms with E-state index in [0.717, 1.165) is 28.7 Å². The molecule has 8 nitrogen and oxygen atoms in total. The van der Waals surface area contributed by atoms with E-state index in [1.807, 2.05) is 86.6 Å². The van der Waals surface area contributed by atoms with Crippen molar-refractivity contribution in [2.24, 2.45) is 5.10 Å². The number of carboxylic acids is 1. The molecule has 0 fully saturated rings. The third kappa shape index (κ3) is 18.2. The highest BCUT2D eigenvalue weighted by Crippen LogP contribution is 2.23. The molecule has 1 aliphatic rings. The Bertz CT molecular complexity index is 1110. The van der Waals surface area contributed by atoms with E-state index in [1.54, 1.807) is 6.08 Å². The van der Waals surface area contributed by atoms with E-state index in [0.29, 0.717) is 25.0 Å². The molecule has 0 aliphatic carbocycles. The van der Waals surface area contributed by atoms with Gasteiger partial charge < -0.3 is 10.4 Å². The van der Waals surface area contributed by atoms with Gasteiger partial charge >= 0.3 is 5.97 Å². The number of rotatable bonds is 16. The van der Waals surface area contributed by atoms with Crippen molar-refractivity contribution in [2.75, 3.05) is 19.6 Å². The van der Waals surface area contributed by atoms with Gasteiger partial charge in [-0.25, -0.2) is 9.82 Å². The number of aliphatic carboxylic acids is 1. The van der Waals surface area contributed by atoms with Crippen LogP contribution in [0.2, 0.25) is 0 Å². The summed E-state index contributed by atoms with van der Waals surface area (Å²) < 4.78 is 14.7. The molecule has 0 saturated heterocycles. The summed E-state index contributed by atoms with van der Waals surface area (Å²) in [5.74, 6) is -1.76. The summed E-state index contributed by atoms with van der Waals surface area (Å²) in [6.07, 6.45) is 14.5. The van der Waals surface area contributed by atoms with Crippen LogP contribution in [-0.4, -0.2) is 59.3 Å². The first kappa shape index (κ1) is 42.5. The van der Waals surface area contributed by atoms with E-state index in [1.165, 1.54) is 11.8 Å². The lowest BCUT2D eigenvalue weighted by Gasteiger charge is -2.21. The summed E-state index contributed by atoms with van der Waals surface area (Å²) in [4.78, 5) is 38.0. The number of carboxylic acid groups (broad SMARTS) is 1. The third-order valence-corrected chi connectivity index (χ3v) is 6.10. The smallest absolute Gasteiger partial charge is 0.317 e. The predicted molar refractivity (Wildman–Crippen MR) is 182 cm³/mol. The monoisotopic (exact) mass is 616 g/mol. The van der Waals surface area contributed by atoms with Crippen molar-refractivity contribution in [1.29, 1.82) is 0 Å². The summed E-state index contributed by atoms with van der Waals surface area (Å²) in [7, 11) is 0. The van der Waals surface area contributed by atoms with E-state index >= 15 is 0 Å². The molecule has 0 aromatic rings. The number of nitrogens with zero attached hydrogens (tertiary/aromatic N) is 2. The second kappa shape index (κ2) is 25.9. The Kier molecular flexibility index (Phi) is 25.0. The zero-order valence-corrected chi connectivity index (χ0v) is 28.7. The molecule has 0 bridgehead atoms. The topological polar surface area (TPSA) is 111 Å². The fourth-order valence-corrected chi connectivity index (χ4v) is 4.20. The van der Waals surface area contributed by atoms with Crippen LogP contribution in [0.5, 0.6) is 0 Å². The van der Waals surface area contributed by atoms with E-state index < -0.39 is 18.0 Å². The van der Waals surface area contributed by atoms with Crippen LogP contribution >= 0.6 is 0 Å². The first-order valence-corrected chi connectivity index (χ1v) is 15.8. The summed E-state index contributed by atoms with van der Waals surface area (Å²) in [5.41, 5.74) is 6.86. The highest BCUT2D eigenvalue weighted by atomic mass is 19.1. The van der Waals surface area contributed by atoms with Gasteiger partial charge in [0.15, 0.2) is 0 Å². The second-order valence-corrected chi connectivity index (χ2v) is 9.64. The second-order valence-electron chi connectivity index (χ2n) is 9.64. The number of hydrogen-bond acceptors (Lipinski definition) is 5. The van der Waals surface area contributed by atoms with Gasteiger partial charge in [-0.05, 0) is 69.8 Å². The Morgan fingerprint density at radius 3 is 2.25 bits per heavy atom. The number of amides is 2. The minimum atomic E-state index is -1.48. The molecule has 0 saturated carbocycles. The van der Waals surface area contributed by atoms with Crippen molar-refractivity contribution in [2.45, 2.75) is 108 Å². The van der Waals surface area contributed by atoms with E-state index in [4.69, 9.17) is 0 Å². The summed E-state index contributed by atoms with van der Waals surface area (Å²) in [6.45, 7) is 18.7. The number of alkyl halides is 1. The molecule has 9 heteroatoms. The summed E-state index contributed by atoms with van der Waals surface area (Å²) in [5, 5.41) is 16.3. The van der Waals surface area contributed by atoms with Gasteiger partial charge in [0, 0.05) is 19.4 Å². The van der Waals surface area contributed by atoms with Crippen LogP contribution in [0.15, 0.2) is 75.6 Å². The standard InChI is InChI=1S/C31H45FN4O4.2C2H6/c1-7-11-12-15-26-22(5)16-29(37)35-34-28(26)18-25(14-9-3)17-27(23(6)32)33-30(38)20-36(21-31(39)40)19-24(10-4)13-8-2;2*1-2/h8,10-14,17,23H,7,9,15-16,18-21H2,1-6H3,(H,33,38)(H,35,37)(H,39,40);2*1-2H3/b12-11-,13-8-,24-10+,25-14+,27-17+;;. The van der Waals surface area contributed by atoms with Crippen LogP contribution in [0.3, 0.4) is 0 Å². The molecule has 2 amide bonds. The van der Waals surface area contributed by atoms with Gasteiger partial charge in [0.25, 0.3) is 0 Å². The van der Waals surface area contributed by atoms with Crippen molar-refractivity contribution in [3.05, 3.63) is 70.5 Å². The molecular weight excluding hydrogens is 559 g/mol. The first-order valence-electron chi connectivity index (χ1n) is 15.8. The lowest BCUT2D eigenvalue weighted by Crippen LogP contribution is -2.41. The summed E-state index contributed by atoms with van der Waals surface area (Å²) in [6, 6.07) is 0. The quantitative estimate of drug-likeness (QED) is 0.122. The van der Waals surface area contributed by atoms with Crippen LogP contribution < -0.4 is 10.7 Å². The normalized spacial score (nSPS) is 15.2. The van der Waals surface area contributed by atoms with E-state index in [-0.39, 0.29) is 37.7 Å². The molecular formula is C35H57FN4O4. The number of hydrazone groups is 1. The largest absolute Gasteiger partial charge is 0.480 e. The maximum absolute atomic E-state index is 14.7. The Hall–Kier alpha value is -3.59. The molecule has 0 aromatic carbocycles. The number of nitrogens with one attached hydrogen (secondary N) is 2. The number of carbonyl (C=O) groups excluding carboxylic acids is 2. The van der Waals surface area contributed by atoms with Crippen molar-refractivity contribution >= 4 is 23.5 Å². The van der Waals surface area contributed by atoms with Crippen molar-refractivity contribution in [1.82, 2.24) is 15.6 Å². The van der Waals surface area contributed by atoms with Crippen LogP contribution in [-0.2, 0) is 14.4 Å². The average Bonchev–Trinajstić information content (AvgIpc) is 3.11. The zero-order chi connectivity index (χ0) is 34.1. The number of halogens is 1. The Morgan fingerprint density at radius 2 is 1.73 bits per heavy atom. The maximum atomic E-state index is 14.7. The van der Waals surface area contributed by atoms with Crippen molar-refractivity contribution < 1.29 is 23.9 Å². The maximum Gasteiger partial charge on any atom is 0.317 e. The lowest BCUT2D eigenvalue weighted by atomic mass is 9.93. The van der Waals surface area contributed by atoms with Crippen LogP contribution in [0, 0.1) is 0 Å². The minimum Gasteiger partial charge on any atom is -0.480 e. The Morgan fingerprint density at radius 1 is 1.07 bits per heavy atom. The summed E-state index contributed by atoms with van der Waals surface area (Å²) >= 11 is 0. The van der Waals surface area contributed by atoms with Crippen LogP contribution in [0.4, 0.5) is 4.39 Å². The van der Waals surface area contributed by atoms with E-state index in [9.17, 15) is 23.9 Å². The molecule has 1 heterocycles. The number of hydrogen-bond donors (Lipinski definition) is 3. The Labute approximate surface area is 265 Å². The van der Waals surface area contributed by atoms with Gasteiger partial charge in [-0.1, -0.05) is 83.6 Å². The van der Waals surface area contributed by atoms with Crippen LogP contribution in [0.25, 0.3) is 0 Å². The van der Waals surface area contributed by atoms with Crippen LogP contribution in [0.1, 0.15) is 101 Å². The molecule has 0 aromatic heterocycles. The van der Waals surface area contributed by atoms with Gasteiger partial charge in [0.1, 0.15) is 6.17 Å². The molecule has 3 N–H and O–H groups in total. The highest BCUT2D eigenvalue weighted by molar-refractivity contribution is 6.04. The molecule has 1 atom stereocenters. The highest BCUT2D eigenvalue weighted by Gasteiger charge is 2.20. The zero-order valence-electron chi connectivity index (χ0n) is 28.7. The third-order valence-electron chi connectivity index (χ3n) is 6.10. The van der Waals surface area contributed by atoms with Gasteiger partial charge in [-0.3, -0.25) is 19.3 Å². The first-order chi connectivity index (χ1) is 21.0. The number of carbonyl (C=O) groups is 3. The van der Waals surface area contributed by atoms with Gasteiger partial charge in [0.2, 0.25) is 11.8 Å². The fourth-order valence-electron chi connectivity index (χ4n) is 4.20. The van der Waals surface area contributed by atoms with Gasteiger partial charge in [-0.2, -0.15) is 5.10 Å². The predicted octanol–water partition coefficient (Wildman–Crippen LogP) is 7.58. The van der Waals surface area contributed by atoms with Gasteiger partial charge in [-0.15, -0.1) is 0 Å². The molecule has 0 spiro atoms. The van der Waals surface area contributed by atoms with E-state index in [2.05, 4.69) is 28.0 Å². The molecule has 0 radical (unpaired) electrons. The average molecular weight is 617 g/mol. The minimum absolute atomic E-state index is 0.0751. The SMILES string of the molecule is C/C=C\C(=C/C)CN(CC(=O)O)CC(=O)N/C(=C/C(=C\CC)CC1=NNC(=O)CC(C)=C1C/C=C\CC)C(C)F.CC.CC. The molecule has 248 valence electrons. The van der Waals surface area contributed by atoms with Crippen molar-refractivity contribution in [3.63, 3.8) is 0 Å². The van der Waals surface area contributed by atoms with Crippen molar-refractivity contribution in [3.8, 4) is 0 Å². The molecule has 44 heavy (non-hydrogen) atoms. The number of allylic oxidation sites excluding steroid dienone is 9. The van der Waals surface area contributed by atoms with Gasteiger partial charge in [0.05, 0.1) is 24.5 Å². The molecule has 1 unspecified atom stereocenters. The lowest BCUT2D eigenvalue weighted by molar-refractivity contribution is -0.138. The Balaban J connectivity index is 0. The molecule has 1 rings (SSSR count).